The van der Waals surface area contributed by atoms with Crippen molar-refractivity contribution < 1.29 is 17.9 Å². The minimum Gasteiger partial charge on any atom is -0.379 e. The normalized spacial score (nSPS) is 19.9. The van der Waals surface area contributed by atoms with Crippen molar-refractivity contribution in [2.24, 2.45) is 5.92 Å². The molecule has 1 amide bonds. The number of hydrogen-bond donors (Lipinski definition) is 1. The number of ether oxygens (including phenoxy) is 1. The average molecular weight is 424 g/mol. The number of sulfonamides is 1. The summed E-state index contributed by atoms with van der Waals surface area (Å²) < 4.78 is 32.6. The van der Waals surface area contributed by atoms with Gasteiger partial charge in [-0.2, -0.15) is 4.31 Å². The number of rotatable bonds is 8. The fourth-order valence-electron chi connectivity index (χ4n) is 3.85. The molecule has 3 rings (SSSR count). The highest BCUT2D eigenvalue weighted by atomic mass is 32.2. The van der Waals surface area contributed by atoms with Crippen LogP contribution in [-0.2, 0) is 14.8 Å². The van der Waals surface area contributed by atoms with Gasteiger partial charge in [-0.15, -0.1) is 0 Å². The van der Waals surface area contributed by atoms with E-state index in [1.165, 1.54) is 36.3 Å². The third-order valence-corrected chi connectivity index (χ3v) is 7.74. The van der Waals surface area contributed by atoms with E-state index >= 15 is 0 Å². The van der Waals surface area contributed by atoms with E-state index in [0.717, 1.165) is 25.3 Å². The van der Waals surface area contributed by atoms with Gasteiger partial charge in [-0.25, -0.2) is 8.42 Å². The summed E-state index contributed by atoms with van der Waals surface area (Å²) in [5.41, 5.74) is 0.212. The van der Waals surface area contributed by atoms with Gasteiger partial charge in [0.1, 0.15) is 0 Å². The number of morpholine rings is 1. The van der Waals surface area contributed by atoms with E-state index in [2.05, 4.69) is 17.1 Å². The monoisotopic (exact) mass is 423 g/mol. The van der Waals surface area contributed by atoms with Crippen LogP contribution in [0.5, 0.6) is 0 Å². The maximum absolute atomic E-state index is 13.0. The molecular weight excluding hydrogens is 390 g/mol. The van der Waals surface area contributed by atoms with Crippen LogP contribution >= 0.6 is 0 Å². The Hall–Kier alpha value is -1.48. The zero-order valence-electron chi connectivity index (χ0n) is 17.3. The second-order valence-corrected chi connectivity index (χ2v) is 9.91. The van der Waals surface area contributed by atoms with E-state index in [1.807, 2.05) is 0 Å². The van der Waals surface area contributed by atoms with E-state index in [0.29, 0.717) is 32.8 Å². The number of piperidine rings is 1. The van der Waals surface area contributed by atoms with Crippen molar-refractivity contribution >= 4 is 15.9 Å². The number of nitrogens with zero attached hydrogens (tertiary/aromatic N) is 2. The van der Waals surface area contributed by atoms with E-state index < -0.39 is 10.0 Å². The third kappa shape index (κ3) is 6.01. The first-order chi connectivity index (χ1) is 14.0. The highest BCUT2D eigenvalue weighted by molar-refractivity contribution is 7.89. The van der Waals surface area contributed by atoms with Crippen molar-refractivity contribution in [2.45, 2.75) is 37.5 Å². The van der Waals surface area contributed by atoms with Gasteiger partial charge in [-0.1, -0.05) is 19.1 Å². The molecule has 2 fully saturated rings. The number of unbranched alkanes of at least 4 members (excludes halogenated alkanes) is 1. The Morgan fingerprint density at radius 3 is 2.52 bits per heavy atom. The lowest BCUT2D eigenvalue weighted by molar-refractivity contribution is 0.0730. The SMILES string of the molecule is CC1CCN(CCCCNC(=O)c2ccccc2S(=O)(=O)N2CCOCC2)CC1. The second-order valence-electron chi connectivity index (χ2n) is 8.00. The van der Waals surface area contributed by atoms with Crippen LogP contribution in [0, 0.1) is 5.92 Å². The van der Waals surface area contributed by atoms with Gasteiger partial charge in [0.15, 0.2) is 0 Å². The van der Waals surface area contributed by atoms with Crippen LogP contribution < -0.4 is 5.32 Å². The lowest BCUT2D eigenvalue weighted by atomic mass is 9.99. The fraction of sp³-hybridized carbons (Fsp3) is 0.667. The quantitative estimate of drug-likeness (QED) is 0.647. The van der Waals surface area contributed by atoms with Gasteiger partial charge < -0.3 is 15.0 Å². The number of likely N-dealkylation sites (tertiary alicyclic amines) is 1. The Morgan fingerprint density at radius 1 is 1.10 bits per heavy atom. The standard InChI is InChI=1S/C21H33N3O4S/c1-18-8-12-23(13-9-18)11-5-4-10-22-21(25)19-6-2-3-7-20(19)29(26,27)24-14-16-28-17-15-24/h2-3,6-7,18H,4-5,8-17H2,1H3,(H,22,25). The number of nitrogens with one attached hydrogen (secondary N) is 1. The molecule has 2 heterocycles. The molecule has 1 aromatic rings. The molecule has 0 bridgehead atoms. The average Bonchev–Trinajstić information content (AvgIpc) is 2.75. The first-order valence-corrected chi connectivity index (χ1v) is 12.1. The molecule has 0 saturated carbocycles. The Bertz CT molecular complexity index is 770. The Labute approximate surface area is 174 Å². The minimum atomic E-state index is -3.71. The Balaban J connectivity index is 1.51. The van der Waals surface area contributed by atoms with Gasteiger partial charge in [0, 0.05) is 19.6 Å². The molecule has 2 saturated heterocycles. The molecule has 0 atom stereocenters. The molecule has 2 aliphatic heterocycles. The van der Waals surface area contributed by atoms with E-state index in [9.17, 15) is 13.2 Å². The van der Waals surface area contributed by atoms with Crippen molar-refractivity contribution in [1.29, 1.82) is 0 Å². The van der Waals surface area contributed by atoms with Gasteiger partial charge in [0.2, 0.25) is 10.0 Å². The minimum absolute atomic E-state index is 0.0711. The highest BCUT2D eigenvalue weighted by Crippen LogP contribution is 2.21. The molecule has 162 valence electrons. The lowest BCUT2D eigenvalue weighted by Gasteiger charge is -2.30. The van der Waals surface area contributed by atoms with Gasteiger partial charge in [0.25, 0.3) is 5.91 Å². The molecule has 0 spiro atoms. The maximum atomic E-state index is 13.0. The molecule has 0 aliphatic carbocycles. The molecule has 0 unspecified atom stereocenters. The number of hydrogen-bond acceptors (Lipinski definition) is 5. The third-order valence-electron chi connectivity index (χ3n) is 5.78. The zero-order chi connectivity index (χ0) is 20.7. The number of amides is 1. The molecule has 0 radical (unpaired) electrons. The summed E-state index contributed by atoms with van der Waals surface area (Å²) in [6.07, 6.45) is 4.45. The van der Waals surface area contributed by atoms with E-state index in [4.69, 9.17) is 4.74 Å². The summed E-state index contributed by atoms with van der Waals surface area (Å²) in [6.45, 7) is 7.64. The van der Waals surface area contributed by atoms with E-state index in [1.54, 1.807) is 18.2 Å². The van der Waals surface area contributed by atoms with Crippen LogP contribution in [0.25, 0.3) is 0 Å². The second kappa shape index (κ2) is 10.5. The summed E-state index contributed by atoms with van der Waals surface area (Å²) in [5.74, 6) is 0.503. The van der Waals surface area contributed by atoms with Gasteiger partial charge in [0.05, 0.1) is 23.7 Å². The van der Waals surface area contributed by atoms with Crippen LogP contribution in [0.15, 0.2) is 29.2 Å². The molecule has 0 aromatic heterocycles. The fourth-order valence-corrected chi connectivity index (χ4v) is 5.45. The van der Waals surface area contributed by atoms with Crippen molar-refractivity contribution in [2.75, 3.05) is 52.5 Å². The predicted octanol–water partition coefficient (Wildman–Crippen LogP) is 1.95. The number of benzene rings is 1. The summed E-state index contributed by atoms with van der Waals surface area (Å²) in [5, 5.41) is 2.89. The van der Waals surface area contributed by atoms with Gasteiger partial charge in [-0.3, -0.25) is 4.79 Å². The molecular formula is C21H33N3O4S. The largest absolute Gasteiger partial charge is 0.379 e. The molecule has 8 heteroatoms. The molecule has 1 N–H and O–H groups in total. The molecule has 7 nitrogen and oxygen atoms in total. The van der Waals surface area contributed by atoms with Gasteiger partial charge >= 0.3 is 0 Å². The zero-order valence-corrected chi connectivity index (χ0v) is 18.1. The van der Waals surface area contributed by atoms with Crippen molar-refractivity contribution in [1.82, 2.24) is 14.5 Å². The van der Waals surface area contributed by atoms with Crippen LogP contribution in [0.1, 0.15) is 43.0 Å². The topological polar surface area (TPSA) is 79.0 Å². The predicted molar refractivity (Wildman–Crippen MR) is 112 cm³/mol. The summed E-state index contributed by atoms with van der Waals surface area (Å²) in [6, 6.07) is 6.45. The molecule has 29 heavy (non-hydrogen) atoms. The molecule has 2 aliphatic rings. The Kier molecular flexibility index (Phi) is 8.06. The van der Waals surface area contributed by atoms with Crippen LogP contribution in [-0.4, -0.2) is 76.0 Å². The first kappa shape index (κ1) is 22.2. The highest BCUT2D eigenvalue weighted by Gasteiger charge is 2.30. The molecule has 1 aromatic carbocycles. The van der Waals surface area contributed by atoms with Crippen LogP contribution in [0.3, 0.4) is 0 Å². The Morgan fingerprint density at radius 2 is 1.79 bits per heavy atom. The van der Waals surface area contributed by atoms with Crippen molar-refractivity contribution in [3.05, 3.63) is 29.8 Å². The van der Waals surface area contributed by atoms with Gasteiger partial charge in [-0.05, 0) is 63.4 Å². The summed E-state index contributed by atoms with van der Waals surface area (Å²) in [7, 11) is -3.71. The lowest BCUT2D eigenvalue weighted by Crippen LogP contribution is -2.41. The summed E-state index contributed by atoms with van der Waals surface area (Å²) >= 11 is 0. The number of carbonyl (C=O) groups excluding carboxylic acids is 1. The smallest absolute Gasteiger partial charge is 0.252 e. The van der Waals surface area contributed by atoms with Crippen LogP contribution in [0.4, 0.5) is 0 Å². The van der Waals surface area contributed by atoms with Crippen LogP contribution in [0.2, 0.25) is 0 Å². The van der Waals surface area contributed by atoms with Crippen molar-refractivity contribution in [3.8, 4) is 0 Å². The summed E-state index contributed by atoms with van der Waals surface area (Å²) in [4.78, 5) is 15.2. The first-order valence-electron chi connectivity index (χ1n) is 10.7. The van der Waals surface area contributed by atoms with E-state index in [-0.39, 0.29) is 16.4 Å². The maximum Gasteiger partial charge on any atom is 0.252 e. The van der Waals surface area contributed by atoms with Crippen molar-refractivity contribution in [3.63, 3.8) is 0 Å². The number of carbonyl (C=O) groups is 1.